The summed E-state index contributed by atoms with van der Waals surface area (Å²) < 4.78 is 6.49. The number of esters is 1. The summed E-state index contributed by atoms with van der Waals surface area (Å²) in [5.41, 5.74) is 2.05. The number of carbonyl (C=O) groups excluding carboxylic acids is 2. The first-order valence-electron chi connectivity index (χ1n) is 8.43. The van der Waals surface area contributed by atoms with E-state index in [9.17, 15) is 19.7 Å². The Labute approximate surface area is 149 Å². The zero-order valence-corrected chi connectivity index (χ0v) is 14.9. The number of carbonyl (C=O) groups is 2. The van der Waals surface area contributed by atoms with Crippen LogP contribution in [0.5, 0.6) is 0 Å². The van der Waals surface area contributed by atoms with Crippen molar-refractivity contribution < 1.29 is 19.2 Å². The average Bonchev–Trinajstić information content (AvgIpc) is 2.95. The lowest BCUT2D eigenvalue weighted by atomic mass is 9.78. The SMILES string of the molecule is CCOC(=O)C1=C(C)NC2=C(C(=O)CCC2)C1c1ncc([N+](=O)[O-])n1C. The number of aromatic nitrogens is 2. The molecule has 1 N–H and O–H groups in total. The van der Waals surface area contributed by atoms with Crippen molar-refractivity contribution in [1.29, 1.82) is 0 Å². The average molecular weight is 360 g/mol. The maximum absolute atomic E-state index is 12.7. The van der Waals surface area contributed by atoms with Gasteiger partial charge in [0, 0.05) is 23.4 Å². The molecule has 1 aliphatic heterocycles. The number of allylic oxidation sites excluding steroid dienone is 3. The van der Waals surface area contributed by atoms with E-state index in [1.807, 2.05) is 0 Å². The van der Waals surface area contributed by atoms with Gasteiger partial charge < -0.3 is 20.2 Å². The molecule has 0 radical (unpaired) electrons. The van der Waals surface area contributed by atoms with E-state index in [4.69, 9.17) is 4.74 Å². The fourth-order valence-electron chi connectivity index (χ4n) is 3.57. The molecule has 2 heterocycles. The molecule has 26 heavy (non-hydrogen) atoms. The molecule has 0 amide bonds. The van der Waals surface area contributed by atoms with Gasteiger partial charge in [0.25, 0.3) is 0 Å². The summed E-state index contributed by atoms with van der Waals surface area (Å²) in [6.07, 6.45) is 2.92. The summed E-state index contributed by atoms with van der Waals surface area (Å²) in [7, 11) is 1.51. The summed E-state index contributed by atoms with van der Waals surface area (Å²) in [5, 5.41) is 14.4. The number of Topliss-reactive ketones (excluding diaryl/α,β-unsaturated/α-hetero) is 1. The van der Waals surface area contributed by atoms with Crippen molar-refractivity contribution in [1.82, 2.24) is 14.9 Å². The van der Waals surface area contributed by atoms with Gasteiger partial charge in [-0.3, -0.25) is 4.79 Å². The van der Waals surface area contributed by atoms with Gasteiger partial charge in [-0.2, -0.15) is 0 Å². The molecule has 0 saturated carbocycles. The maximum Gasteiger partial charge on any atom is 0.342 e. The number of rotatable bonds is 4. The zero-order chi connectivity index (χ0) is 19.0. The molecule has 1 unspecified atom stereocenters. The van der Waals surface area contributed by atoms with Crippen molar-refractivity contribution in [3.05, 3.63) is 44.7 Å². The van der Waals surface area contributed by atoms with E-state index in [0.717, 1.165) is 18.3 Å². The van der Waals surface area contributed by atoms with E-state index >= 15 is 0 Å². The van der Waals surface area contributed by atoms with E-state index in [0.29, 0.717) is 24.1 Å². The standard InChI is InChI=1S/C17H20N4O5/c1-4-26-17(23)13-9(2)19-10-6-5-7-11(22)14(10)15(13)16-18-8-12(20(16)3)21(24)25/h8,15,19H,4-7H2,1-3H3. The summed E-state index contributed by atoms with van der Waals surface area (Å²) in [6.45, 7) is 3.61. The van der Waals surface area contributed by atoms with Crippen LogP contribution in [0.1, 0.15) is 44.9 Å². The molecule has 2 aliphatic rings. The maximum atomic E-state index is 12.7. The quantitative estimate of drug-likeness (QED) is 0.495. The number of dihydropyridines is 1. The van der Waals surface area contributed by atoms with E-state index in [1.165, 1.54) is 11.6 Å². The highest BCUT2D eigenvalue weighted by atomic mass is 16.6. The number of ether oxygens (including phenoxy) is 1. The van der Waals surface area contributed by atoms with Gasteiger partial charge in [0.05, 0.1) is 19.2 Å². The summed E-state index contributed by atoms with van der Waals surface area (Å²) >= 11 is 0. The number of nitrogens with zero attached hydrogens (tertiary/aromatic N) is 3. The number of ketones is 1. The van der Waals surface area contributed by atoms with Gasteiger partial charge in [-0.1, -0.05) is 0 Å². The molecule has 0 aromatic carbocycles. The van der Waals surface area contributed by atoms with E-state index in [2.05, 4.69) is 10.3 Å². The van der Waals surface area contributed by atoms with Gasteiger partial charge in [0.2, 0.25) is 5.82 Å². The van der Waals surface area contributed by atoms with Crippen molar-refractivity contribution >= 4 is 17.6 Å². The number of imidazole rings is 1. The molecule has 9 heteroatoms. The lowest BCUT2D eigenvalue weighted by Gasteiger charge is -2.32. The Bertz CT molecular complexity index is 865. The Balaban J connectivity index is 2.21. The van der Waals surface area contributed by atoms with Gasteiger partial charge in [-0.25, -0.2) is 14.3 Å². The Kier molecular flexibility index (Phi) is 4.62. The molecule has 0 spiro atoms. The molecule has 138 valence electrons. The third-order valence-corrected chi connectivity index (χ3v) is 4.72. The number of nitrogens with one attached hydrogen (secondary N) is 1. The molecule has 1 atom stereocenters. The normalized spacial score (nSPS) is 20.0. The predicted molar refractivity (Wildman–Crippen MR) is 91.0 cm³/mol. The Morgan fingerprint density at radius 3 is 2.85 bits per heavy atom. The first-order valence-corrected chi connectivity index (χ1v) is 8.43. The largest absolute Gasteiger partial charge is 0.463 e. The first-order chi connectivity index (χ1) is 12.4. The van der Waals surface area contributed by atoms with Crippen LogP contribution in [-0.2, 0) is 21.4 Å². The lowest BCUT2D eigenvalue weighted by molar-refractivity contribution is -0.391. The molecule has 1 aromatic rings. The molecule has 1 aliphatic carbocycles. The highest BCUT2D eigenvalue weighted by Gasteiger charge is 2.43. The highest BCUT2D eigenvalue weighted by molar-refractivity contribution is 6.03. The molecule has 0 bridgehead atoms. The highest BCUT2D eigenvalue weighted by Crippen LogP contribution is 2.42. The van der Waals surface area contributed by atoms with Gasteiger partial charge in [-0.15, -0.1) is 0 Å². The van der Waals surface area contributed by atoms with Gasteiger partial charge in [-0.05, 0) is 31.6 Å². The van der Waals surface area contributed by atoms with Crippen molar-refractivity contribution in [2.24, 2.45) is 7.05 Å². The fraction of sp³-hybridized carbons (Fsp3) is 0.471. The van der Waals surface area contributed by atoms with Gasteiger partial charge in [0.15, 0.2) is 5.78 Å². The van der Waals surface area contributed by atoms with Crippen LogP contribution in [0.15, 0.2) is 28.7 Å². The van der Waals surface area contributed by atoms with Crippen molar-refractivity contribution in [3.63, 3.8) is 0 Å². The Morgan fingerprint density at radius 2 is 2.23 bits per heavy atom. The van der Waals surface area contributed by atoms with Crippen LogP contribution in [0.25, 0.3) is 0 Å². The van der Waals surface area contributed by atoms with Crippen LogP contribution < -0.4 is 5.32 Å². The third-order valence-electron chi connectivity index (χ3n) is 4.72. The minimum absolute atomic E-state index is 0.0799. The minimum atomic E-state index is -0.781. The molecule has 9 nitrogen and oxygen atoms in total. The van der Waals surface area contributed by atoms with Crippen LogP contribution in [-0.4, -0.2) is 32.8 Å². The van der Waals surface area contributed by atoms with E-state index < -0.39 is 16.8 Å². The second-order valence-corrected chi connectivity index (χ2v) is 6.28. The molecule has 0 saturated heterocycles. The monoisotopic (exact) mass is 360 g/mol. The molecule has 1 aromatic heterocycles. The van der Waals surface area contributed by atoms with Gasteiger partial charge in [0.1, 0.15) is 12.1 Å². The van der Waals surface area contributed by atoms with Gasteiger partial charge >= 0.3 is 11.8 Å². The summed E-state index contributed by atoms with van der Waals surface area (Å²) in [6, 6.07) is 0. The summed E-state index contributed by atoms with van der Waals surface area (Å²) in [5.74, 6) is -1.34. The summed E-state index contributed by atoms with van der Waals surface area (Å²) in [4.78, 5) is 40.1. The zero-order valence-electron chi connectivity index (χ0n) is 14.9. The second kappa shape index (κ2) is 6.74. The van der Waals surface area contributed by atoms with Crippen molar-refractivity contribution in [2.45, 2.75) is 39.0 Å². The number of hydrogen-bond acceptors (Lipinski definition) is 7. The Morgan fingerprint density at radius 1 is 1.50 bits per heavy atom. The third kappa shape index (κ3) is 2.79. The number of hydrogen-bond donors (Lipinski definition) is 1. The van der Waals surface area contributed by atoms with Crippen molar-refractivity contribution in [2.75, 3.05) is 6.61 Å². The topological polar surface area (TPSA) is 116 Å². The molecule has 3 rings (SSSR count). The van der Waals surface area contributed by atoms with Crippen molar-refractivity contribution in [3.8, 4) is 0 Å². The molecule has 0 fully saturated rings. The minimum Gasteiger partial charge on any atom is -0.463 e. The molecular formula is C17H20N4O5. The van der Waals surface area contributed by atoms with Crippen LogP contribution in [0.4, 0.5) is 5.82 Å². The Hall–Kier alpha value is -2.97. The fourth-order valence-corrected chi connectivity index (χ4v) is 3.57. The predicted octanol–water partition coefficient (Wildman–Crippen LogP) is 1.86. The molecular weight excluding hydrogens is 340 g/mol. The van der Waals surface area contributed by atoms with Crippen LogP contribution in [0, 0.1) is 10.1 Å². The lowest BCUT2D eigenvalue weighted by Crippen LogP contribution is -2.35. The van der Waals surface area contributed by atoms with E-state index in [-0.39, 0.29) is 29.6 Å². The number of nitro groups is 1. The first kappa shape index (κ1) is 17.8. The smallest absolute Gasteiger partial charge is 0.342 e. The van der Waals surface area contributed by atoms with Crippen LogP contribution in [0.2, 0.25) is 0 Å². The second-order valence-electron chi connectivity index (χ2n) is 6.28. The van der Waals surface area contributed by atoms with Crippen LogP contribution in [0.3, 0.4) is 0 Å². The van der Waals surface area contributed by atoms with Crippen LogP contribution >= 0.6 is 0 Å². The van der Waals surface area contributed by atoms with E-state index in [1.54, 1.807) is 13.8 Å².